The Kier molecular flexibility index (Phi) is 2.21. The summed E-state index contributed by atoms with van der Waals surface area (Å²) in [6.45, 7) is 0. The van der Waals surface area contributed by atoms with Crippen molar-refractivity contribution in [2.24, 2.45) is 0 Å². The Labute approximate surface area is 117 Å². The van der Waals surface area contributed by atoms with Gasteiger partial charge in [0.05, 0.1) is 10.9 Å². The molecule has 2 aromatic carbocycles. The molecule has 2 heterocycles. The molecule has 5 nitrogen and oxygen atoms in total. The summed E-state index contributed by atoms with van der Waals surface area (Å²) in [5.74, 6) is -0.209. The number of aromatic hydroxyl groups is 1. The number of nitrogens with one attached hydrogen (secondary N) is 1. The van der Waals surface area contributed by atoms with E-state index in [4.69, 9.17) is 4.42 Å². The van der Waals surface area contributed by atoms with Gasteiger partial charge in [0.15, 0.2) is 0 Å². The van der Waals surface area contributed by atoms with Crippen molar-refractivity contribution in [3.63, 3.8) is 0 Å². The van der Waals surface area contributed by atoms with Gasteiger partial charge in [-0.25, -0.2) is 4.79 Å². The highest BCUT2D eigenvalue weighted by Gasteiger charge is 2.13. The third-order valence-corrected chi connectivity index (χ3v) is 3.56. The minimum absolute atomic E-state index is 0.190. The lowest BCUT2D eigenvalue weighted by Crippen LogP contribution is -2.05. The van der Waals surface area contributed by atoms with Gasteiger partial charge in [-0.3, -0.25) is 4.79 Å². The third-order valence-electron chi connectivity index (χ3n) is 3.56. The van der Waals surface area contributed by atoms with Crippen LogP contribution in [0.5, 0.6) is 5.75 Å². The Bertz CT molecular complexity index is 1140. The van der Waals surface area contributed by atoms with E-state index in [1.165, 1.54) is 12.1 Å². The van der Waals surface area contributed by atoms with Gasteiger partial charge in [0, 0.05) is 28.4 Å². The number of rotatable bonds is 0. The van der Waals surface area contributed by atoms with Crippen molar-refractivity contribution >= 4 is 32.8 Å². The standard InChI is InChI=1S/C16H9NO4/c18-11-7-12-9(5-6-13(19)21-12)15-14(11)16(20)8-3-1-2-4-10(8)17-15/h1-7,18H,(H,17,20). The summed E-state index contributed by atoms with van der Waals surface area (Å²) in [5.41, 5.74) is 0.582. The smallest absolute Gasteiger partial charge is 0.336 e. The number of H-pyrrole nitrogens is 1. The number of aromatic amines is 1. The van der Waals surface area contributed by atoms with Crippen LogP contribution >= 0.6 is 0 Å². The Morgan fingerprint density at radius 1 is 1.00 bits per heavy atom. The lowest BCUT2D eigenvalue weighted by Gasteiger charge is -2.07. The summed E-state index contributed by atoms with van der Waals surface area (Å²) >= 11 is 0. The van der Waals surface area contributed by atoms with Gasteiger partial charge in [0.1, 0.15) is 11.3 Å². The monoisotopic (exact) mass is 279 g/mol. The molecule has 0 aliphatic carbocycles. The van der Waals surface area contributed by atoms with E-state index in [2.05, 4.69) is 4.98 Å². The van der Waals surface area contributed by atoms with Crippen molar-refractivity contribution in [1.82, 2.24) is 4.98 Å². The van der Waals surface area contributed by atoms with Crippen molar-refractivity contribution in [3.05, 3.63) is 63.1 Å². The maximum absolute atomic E-state index is 12.5. The van der Waals surface area contributed by atoms with Crippen molar-refractivity contribution in [2.75, 3.05) is 0 Å². The Morgan fingerprint density at radius 2 is 1.81 bits per heavy atom. The molecule has 0 fully saturated rings. The van der Waals surface area contributed by atoms with Crippen molar-refractivity contribution in [1.29, 1.82) is 0 Å². The molecule has 5 heteroatoms. The minimum atomic E-state index is -0.510. The van der Waals surface area contributed by atoms with Crippen LogP contribution in [0.15, 0.2) is 56.5 Å². The number of fused-ring (bicyclic) bond motifs is 4. The summed E-state index contributed by atoms with van der Waals surface area (Å²) in [4.78, 5) is 27.0. The first-order valence-corrected chi connectivity index (χ1v) is 6.36. The lowest BCUT2D eigenvalue weighted by atomic mass is 10.1. The van der Waals surface area contributed by atoms with E-state index in [9.17, 15) is 14.7 Å². The number of benzene rings is 2. The van der Waals surface area contributed by atoms with Crippen LogP contribution < -0.4 is 11.1 Å². The SMILES string of the molecule is O=c1ccc2c(cc(O)c3c(=O)c4ccccc4[nH]c32)o1. The zero-order chi connectivity index (χ0) is 14.6. The molecule has 0 spiro atoms. The second kappa shape index (κ2) is 3.96. The predicted molar refractivity (Wildman–Crippen MR) is 79.8 cm³/mol. The van der Waals surface area contributed by atoms with E-state index in [-0.39, 0.29) is 22.1 Å². The molecule has 0 saturated carbocycles. The van der Waals surface area contributed by atoms with Gasteiger partial charge in [-0.05, 0) is 18.2 Å². The zero-order valence-electron chi connectivity index (χ0n) is 10.7. The zero-order valence-corrected chi connectivity index (χ0v) is 10.7. The van der Waals surface area contributed by atoms with Gasteiger partial charge in [-0.2, -0.15) is 0 Å². The van der Waals surface area contributed by atoms with E-state index < -0.39 is 5.63 Å². The average molecular weight is 279 g/mol. The summed E-state index contributed by atoms with van der Waals surface area (Å²) in [6, 6.07) is 11.2. The van der Waals surface area contributed by atoms with E-state index >= 15 is 0 Å². The molecule has 21 heavy (non-hydrogen) atoms. The van der Waals surface area contributed by atoms with Crippen molar-refractivity contribution < 1.29 is 9.52 Å². The van der Waals surface area contributed by atoms with Crippen LogP contribution in [-0.4, -0.2) is 10.1 Å². The molecule has 0 aliphatic heterocycles. The quantitative estimate of drug-likeness (QED) is 0.294. The second-order valence-electron chi connectivity index (χ2n) is 4.81. The van der Waals surface area contributed by atoms with Crippen LogP contribution in [0.2, 0.25) is 0 Å². The molecule has 2 N–H and O–H groups in total. The van der Waals surface area contributed by atoms with E-state index in [0.717, 1.165) is 0 Å². The van der Waals surface area contributed by atoms with E-state index in [0.29, 0.717) is 21.8 Å². The van der Waals surface area contributed by atoms with Crippen LogP contribution in [0.25, 0.3) is 32.8 Å². The minimum Gasteiger partial charge on any atom is -0.507 e. The Hall–Kier alpha value is -3.08. The Morgan fingerprint density at radius 3 is 2.67 bits per heavy atom. The summed E-state index contributed by atoms with van der Waals surface area (Å²) in [7, 11) is 0. The molecular weight excluding hydrogens is 270 g/mol. The number of hydrogen-bond acceptors (Lipinski definition) is 4. The molecule has 4 rings (SSSR count). The fourth-order valence-corrected chi connectivity index (χ4v) is 2.62. The van der Waals surface area contributed by atoms with Crippen LogP contribution in [-0.2, 0) is 0 Å². The molecule has 4 aromatic rings. The normalized spacial score (nSPS) is 11.4. The summed E-state index contributed by atoms with van der Waals surface area (Å²) in [6.07, 6.45) is 0. The highest BCUT2D eigenvalue weighted by molar-refractivity contribution is 6.09. The van der Waals surface area contributed by atoms with Crippen LogP contribution in [0, 0.1) is 0 Å². The van der Waals surface area contributed by atoms with Gasteiger partial charge < -0.3 is 14.5 Å². The first-order valence-electron chi connectivity index (χ1n) is 6.36. The largest absolute Gasteiger partial charge is 0.507 e. The van der Waals surface area contributed by atoms with Gasteiger partial charge in [-0.1, -0.05) is 12.1 Å². The molecule has 0 unspecified atom stereocenters. The molecule has 0 aliphatic rings. The molecule has 2 aromatic heterocycles. The van der Waals surface area contributed by atoms with E-state index in [1.54, 1.807) is 24.3 Å². The van der Waals surface area contributed by atoms with E-state index in [1.807, 2.05) is 6.07 Å². The maximum atomic E-state index is 12.5. The first kappa shape index (κ1) is 11.7. The van der Waals surface area contributed by atoms with Crippen LogP contribution in [0.1, 0.15) is 0 Å². The van der Waals surface area contributed by atoms with Gasteiger partial charge in [0.2, 0.25) is 5.43 Å². The molecule has 0 bridgehead atoms. The summed E-state index contributed by atoms with van der Waals surface area (Å²) in [5, 5.41) is 11.4. The molecule has 0 amide bonds. The van der Waals surface area contributed by atoms with Crippen molar-refractivity contribution in [2.45, 2.75) is 0 Å². The lowest BCUT2D eigenvalue weighted by molar-refractivity contribution is 0.479. The number of pyridine rings is 1. The van der Waals surface area contributed by atoms with Gasteiger partial charge in [-0.15, -0.1) is 0 Å². The van der Waals surface area contributed by atoms with Gasteiger partial charge >= 0.3 is 5.63 Å². The highest BCUT2D eigenvalue weighted by Crippen LogP contribution is 2.30. The molecule has 0 saturated heterocycles. The van der Waals surface area contributed by atoms with Crippen LogP contribution in [0.3, 0.4) is 0 Å². The molecule has 102 valence electrons. The Balaban J connectivity index is 2.38. The summed E-state index contributed by atoms with van der Waals surface area (Å²) < 4.78 is 5.06. The molecule has 0 atom stereocenters. The first-order chi connectivity index (χ1) is 10.1. The van der Waals surface area contributed by atoms with Crippen molar-refractivity contribution in [3.8, 4) is 5.75 Å². The molecule has 0 radical (unpaired) electrons. The maximum Gasteiger partial charge on any atom is 0.336 e. The number of aromatic nitrogens is 1. The second-order valence-corrected chi connectivity index (χ2v) is 4.81. The third kappa shape index (κ3) is 1.57. The molecular formula is C16H9NO4. The average Bonchev–Trinajstić information content (AvgIpc) is 2.47. The predicted octanol–water partition coefficient (Wildman–Crippen LogP) is 2.49. The number of phenols is 1. The highest BCUT2D eigenvalue weighted by atomic mass is 16.4. The number of hydrogen-bond donors (Lipinski definition) is 2. The fraction of sp³-hybridized carbons (Fsp3) is 0. The number of phenolic OH excluding ortho intramolecular Hbond substituents is 1. The van der Waals surface area contributed by atoms with Crippen LogP contribution in [0.4, 0.5) is 0 Å². The fourth-order valence-electron chi connectivity index (χ4n) is 2.62. The van der Waals surface area contributed by atoms with Gasteiger partial charge in [0.25, 0.3) is 0 Å². The number of para-hydroxylation sites is 1. The topological polar surface area (TPSA) is 83.3 Å².